The lowest BCUT2D eigenvalue weighted by atomic mass is 9.61. The molecule has 1 heterocycles. The number of carbonyl (C=O) groups is 1. The van der Waals surface area contributed by atoms with Crippen LogP contribution in [0, 0.1) is 17.3 Å². The first-order valence-corrected chi connectivity index (χ1v) is 8.27. The Morgan fingerprint density at radius 3 is 2.37 bits per heavy atom. The molecular weight excluding hydrogens is 361 g/mol. The van der Waals surface area contributed by atoms with Crippen molar-refractivity contribution in [2.75, 3.05) is 12.1 Å². The van der Waals surface area contributed by atoms with Gasteiger partial charge in [0.2, 0.25) is 0 Å². The number of amides is 1. The molecule has 2 bridgehead atoms. The summed E-state index contributed by atoms with van der Waals surface area (Å²) in [7, 11) is 0.915. The van der Waals surface area contributed by atoms with Crippen molar-refractivity contribution in [2.45, 2.75) is 18.7 Å². The van der Waals surface area contributed by atoms with E-state index in [0.717, 1.165) is 12.1 Å². The molecule has 140 valence electrons. The molecule has 2 aliphatic carbocycles. The third-order valence-electron chi connectivity index (χ3n) is 5.87. The molecule has 4 rings (SSSR count). The van der Waals surface area contributed by atoms with Crippen molar-refractivity contribution >= 4 is 23.2 Å². The molecule has 1 amide bonds. The Kier molecular flexibility index (Phi) is 3.54. The van der Waals surface area contributed by atoms with Crippen LogP contribution in [0.3, 0.4) is 0 Å². The molecule has 5 nitrogen and oxygen atoms in total. The monoisotopic (exact) mass is 376 g/mol. The molecule has 8 heteroatoms. The van der Waals surface area contributed by atoms with Crippen LogP contribution in [-0.2, 0) is 14.3 Å². The number of ether oxygens (including phenoxy) is 1. The van der Waals surface area contributed by atoms with Gasteiger partial charge < -0.3 is 4.74 Å². The van der Waals surface area contributed by atoms with Gasteiger partial charge in [-0.05, 0) is 19.1 Å². The zero-order chi connectivity index (χ0) is 19.6. The van der Waals surface area contributed by atoms with Crippen molar-refractivity contribution in [1.82, 2.24) is 0 Å². The number of methoxy groups -OCH3 is 1. The van der Waals surface area contributed by atoms with Crippen molar-refractivity contribution in [3.8, 4) is 0 Å². The summed E-state index contributed by atoms with van der Waals surface area (Å²) in [6, 6.07) is 8.19. The number of rotatable bonds is 2. The predicted molar refractivity (Wildman–Crippen MR) is 90.6 cm³/mol. The average Bonchev–Trinajstić information content (AvgIpc) is 3.25. The number of fused-ring (bicyclic) bond motifs is 3. The smallest absolute Gasteiger partial charge is 0.366 e. The molecule has 4 atom stereocenters. The van der Waals surface area contributed by atoms with Gasteiger partial charge in [0, 0.05) is 24.5 Å². The van der Waals surface area contributed by atoms with Gasteiger partial charge >= 0.3 is 6.18 Å². The highest BCUT2D eigenvalue weighted by Gasteiger charge is 2.85. The van der Waals surface area contributed by atoms with Crippen molar-refractivity contribution < 1.29 is 27.5 Å². The summed E-state index contributed by atoms with van der Waals surface area (Å²) in [6.45, 7) is 1.37. The van der Waals surface area contributed by atoms with E-state index < -0.39 is 34.9 Å². The van der Waals surface area contributed by atoms with Gasteiger partial charge in [-0.1, -0.05) is 30.4 Å². The van der Waals surface area contributed by atoms with E-state index in [1.54, 1.807) is 36.3 Å². The van der Waals surface area contributed by atoms with Gasteiger partial charge in [0.25, 0.3) is 5.91 Å². The standard InChI is InChI=1S/C19H15F3N2O3/c1-11-17(16(26)24(23-11)12-6-4-3-5-7-12)14-8-9-15(13(14)10-25)18(17,27-2)19(20,21)22/h3-9,14-15H,1-2H3. The highest BCUT2D eigenvalue weighted by atomic mass is 19.4. The van der Waals surface area contributed by atoms with Crippen LogP contribution < -0.4 is 5.01 Å². The van der Waals surface area contributed by atoms with Gasteiger partial charge in [0.1, 0.15) is 11.4 Å². The SMILES string of the molecule is COC1(C(F)(F)F)C2C=CC(C2=C=O)C12C(=O)N(c1ccccc1)N=C2C. The van der Waals surface area contributed by atoms with E-state index in [4.69, 9.17) is 4.74 Å². The van der Waals surface area contributed by atoms with E-state index >= 15 is 0 Å². The van der Waals surface area contributed by atoms with Crippen LogP contribution in [0.15, 0.2) is 53.2 Å². The highest BCUT2D eigenvalue weighted by molar-refractivity contribution is 6.21. The van der Waals surface area contributed by atoms with E-state index in [1.807, 2.05) is 0 Å². The predicted octanol–water partition coefficient (Wildman–Crippen LogP) is 2.92. The average molecular weight is 376 g/mol. The number of hydrogen-bond donors (Lipinski definition) is 0. The number of carbonyl (C=O) groups excluding carboxylic acids is 2. The topological polar surface area (TPSA) is 59.0 Å². The van der Waals surface area contributed by atoms with E-state index in [-0.39, 0.29) is 11.3 Å². The molecule has 3 aliphatic rings. The van der Waals surface area contributed by atoms with Crippen LogP contribution >= 0.6 is 0 Å². The molecule has 1 aromatic carbocycles. The van der Waals surface area contributed by atoms with E-state index in [1.165, 1.54) is 19.1 Å². The fourth-order valence-corrected chi connectivity index (χ4v) is 4.89. The van der Waals surface area contributed by atoms with Gasteiger partial charge in [-0.25, -0.2) is 4.79 Å². The maximum atomic E-state index is 14.4. The fraction of sp³-hybridized carbons (Fsp3) is 0.368. The van der Waals surface area contributed by atoms with Crippen LogP contribution in [0.2, 0.25) is 0 Å². The Hall–Kier alpha value is -2.70. The minimum Gasteiger partial charge on any atom is -0.366 e. The van der Waals surface area contributed by atoms with Gasteiger partial charge in [0.15, 0.2) is 5.60 Å². The third-order valence-corrected chi connectivity index (χ3v) is 5.87. The number of nitrogens with zero attached hydrogens (tertiary/aromatic N) is 2. The molecule has 0 radical (unpaired) electrons. The lowest BCUT2D eigenvalue weighted by molar-refractivity contribution is -0.299. The fourth-order valence-electron chi connectivity index (χ4n) is 4.89. The quantitative estimate of drug-likeness (QED) is 0.589. The normalized spacial score (nSPS) is 34.6. The van der Waals surface area contributed by atoms with E-state index in [9.17, 15) is 22.8 Å². The summed E-state index contributed by atoms with van der Waals surface area (Å²) < 4.78 is 48.4. The summed E-state index contributed by atoms with van der Waals surface area (Å²) in [6.07, 6.45) is -2.19. The summed E-state index contributed by atoms with van der Waals surface area (Å²) in [5, 5.41) is 5.13. The Morgan fingerprint density at radius 2 is 1.81 bits per heavy atom. The maximum absolute atomic E-state index is 14.4. The highest BCUT2D eigenvalue weighted by Crippen LogP contribution is 2.69. The molecule has 27 heavy (non-hydrogen) atoms. The molecule has 1 saturated carbocycles. The van der Waals surface area contributed by atoms with Crippen molar-refractivity contribution in [2.24, 2.45) is 22.4 Å². The number of alkyl halides is 3. The number of hydrogen-bond acceptors (Lipinski definition) is 4. The van der Waals surface area contributed by atoms with Gasteiger partial charge in [0.05, 0.1) is 11.4 Å². The van der Waals surface area contributed by atoms with Crippen LogP contribution in [0.25, 0.3) is 0 Å². The van der Waals surface area contributed by atoms with Gasteiger partial charge in [-0.15, -0.1) is 0 Å². The summed E-state index contributed by atoms with van der Waals surface area (Å²) in [5.41, 5.74) is -4.93. The van der Waals surface area contributed by atoms with Gasteiger partial charge in [-0.2, -0.15) is 23.3 Å². The number of anilines is 1. The second-order valence-electron chi connectivity index (χ2n) is 6.78. The van der Waals surface area contributed by atoms with Crippen LogP contribution in [0.1, 0.15) is 6.92 Å². The number of benzene rings is 1. The van der Waals surface area contributed by atoms with Crippen LogP contribution in [0.5, 0.6) is 0 Å². The molecule has 0 N–H and O–H groups in total. The molecule has 0 saturated heterocycles. The first-order valence-electron chi connectivity index (χ1n) is 8.27. The van der Waals surface area contributed by atoms with Gasteiger partial charge in [-0.3, -0.25) is 4.79 Å². The van der Waals surface area contributed by atoms with Crippen molar-refractivity contribution in [1.29, 1.82) is 0 Å². The number of para-hydroxylation sites is 1. The first kappa shape index (κ1) is 17.7. The summed E-state index contributed by atoms with van der Waals surface area (Å²) >= 11 is 0. The largest absolute Gasteiger partial charge is 0.419 e. The number of allylic oxidation sites excluding steroid dienone is 1. The minimum atomic E-state index is -4.92. The molecule has 1 fully saturated rings. The number of hydrazone groups is 1. The van der Waals surface area contributed by atoms with E-state index in [0.29, 0.717) is 5.69 Å². The van der Waals surface area contributed by atoms with Crippen LogP contribution in [-0.4, -0.2) is 36.4 Å². The maximum Gasteiger partial charge on any atom is 0.419 e. The Balaban J connectivity index is 2.01. The molecular formula is C19H15F3N2O3. The first-order chi connectivity index (χ1) is 12.8. The molecule has 0 aromatic heterocycles. The Morgan fingerprint density at radius 1 is 1.19 bits per heavy atom. The summed E-state index contributed by atoms with van der Waals surface area (Å²) in [4.78, 5) is 25.0. The Bertz CT molecular complexity index is 933. The lowest BCUT2D eigenvalue weighted by Gasteiger charge is -2.46. The van der Waals surface area contributed by atoms with E-state index in [2.05, 4.69) is 5.10 Å². The summed E-state index contributed by atoms with van der Waals surface area (Å²) in [5.74, 6) is -1.76. The lowest BCUT2D eigenvalue weighted by Crippen LogP contribution is -2.67. The second kappa shape index (κ2) is 5.41. The Labute approximate surface area is 152 Å². The van der Waals surface area contributed by atoms with Crippen molar-refractivity contribution in [3.05, 3.63) is 48.1 Å². The van der Waals surface area contributed by atoms with Crippen molar-refractivity contribution in [3.63, 3.8) is 0 Å². The zero-order valence-corrected chi connectivity index (χ0v) is 14.4. The zero-order valence-electron chi connectivity index (χ0n) is 14.4. The molecule has 4 unspecified atom stereocenters. The molecule has 1 aliphatic heterocycles. The second-order valence-corrected chi connectivity index (χ2v) is 6.78. The molecule has 1 aromatic rings. The number of halogens is 3. The molecule has 1 spiro atoms. The third kappa shape index (κ3) is 1.77. The minimum absolute atomic E-state index is 0.0415. The van der Waals surface area contributed by atoms with Crippen LogP contribution in [0.4, 0.5) is 18.9 Å².